The third-order valence-electron chi connectivity index (χ3n) is 2.02. The molecule has 0 radical (unpaired) electrons. The van der Waals surface area contributed by atoms with Crippen molar-refractivity contribution in [2.24, 2.45) is 0 Å². The minimum atomic E-state index is -3.41. The van der Waals surface area contributed by atoms with Crippen molar-refractivity contribution in [2.45, 2.75) is 52.4 Å². The highest BCUT2D eigenvalue weighted by Crippen LogP contribution is 2.06. The molecule has 0 saturated heterocycles. The second kappa shape index (κ2) is 8.92. The zero-order valence-corrected chi connectivity index (χ0v) is 10.6. The van der Waals surface area contributed by atoms with Crippen LogP contribution in [0, 0.1) is 0 Å². The van der Waals surface area contributed by atoms with E-state index in [9.17, 15) is 8.42 Å². The highest BCUT2D eigenvalue weighted by atomic mass is 32.2. The Kier molecular flexibility index (Phi) is 8.71. The van der Waals surface area contributed by atoms with Crippen LogP contribution in [0.5, 0.6) is 0 Å². The Morgan fingerprint density at radius 1 is 1.07 bits per heavy atom. The Labute approximate surface area is 93.6 Å². The van der Waals surface area contributed by atoms with E-state index in [1.807, 2.05) is 0 Å². The lowest BCUT2D eigenvalue weighted by atomic mass is 10.1. The summed E-state index contributed by atoms with van der Waals surface area (Å²) in [5.74, 6) is 0. The molecule has 0 saturated carbocycles. The molecule has 0 amide bonds. The van der Waals surface area contributed by atoms with Crippen molar-refractivity contribution in [1.82, 2.24) is 0 Å². The minimum Gasteiger partial charge on any atom is -0.267 e. The van der Waals surface area contributed by atoms with Crippen molar-refractivity contribution in [3.63, 3.8) is 0 Å². The largest absolute Gasteiger partial charge is 0.289 e. The van der Waals surface area contributed by atoms with E-state index >= 15 is 0 Å². The van der Waals surface area contributed by atoms with E-state index in [1.54, 1.807) is 13.0 Å². The molecule has 90 valence electrons. The molecule has 0 rings (SSSR count). The summed E-state index contributed by atoms with van der Waals surface area (Å²) in [6.07, 6.45) is 8.45. The summed E-state index contributed by atoms with van der Waals surface area (Å²) in [6.45, 7) is 4.04. The molecular weight excluding hydrogens is 212 g/mol. The van der Waals surface area contributed by atoms with Gasteiger partial charge in [0, 0.05) is 0 Å². The van der Waals surface area contributed by atoms with Crippen LogP contribution in [0.25, 0.3) is 0 Å². The summed E-state index contributed by atoms with van der Waals surface area (Å²) in [5.41, 5.74) is 0. The summed E-state index contributed by atoms with van der Waals surface area (Å²) in [7, 11) is -3.41. The average Bonchev–Trinajstić information content (AvgIpc) is 2.16. The van der Waals surface area contributed by atoms with Gasteiger partial charge in [0.15, 0.2) is 0 Å². The predicted molar refractivity (Wildman–Crippen MR) is 63.1 cm³/mol. The van der Waals surface area contributed by atoms with Crippen molar-refractivity contribution in [3.8, 4) is 0 Å². The van der Waals surface area contributed by atoms with Crippen molar-refractivity contribution in [2.75, 3.05) is 6.61 Å². The van der Waals surface area contributed by atoms with Gasteiger partial charge in [-0.25, -0.2) is 0 Å². The second-order valence-corrected chi connectivity index (χ2v) is 4.97. The monoisotopic (exact) mass is 234 g/mol. The lowest BCUT2D eigenvalue weighted by Gasteiger charge is -1.97. The van der Waals surface area contributed by atoms with Gasteiger partial charge in [-0.3, -0.25) is 4.18 Å². The quantitative estimate of drug-likeness (QED) is 0.454. The number of unbranched alkanes of at least 4 members (excludes halogenated alkanes) is 5. The number of allylic oxidation sites excluding steroid dienone is 1. The molecule has 0 aliphatic heterocycles. The second-order valence-electron chi connectivity index (χ2n) is 3.47. The van der Waals surface area contributed by atoms with Crippen molar-refractivity contribution < 1.29 is 12.6 Å². The van der Waals surface area contributed by atoms with E-state index in [0.29, 0.717) is 0 Å². The molecule has 0 bridgehead atoms. The highest BCUT2D eigenvalue weighted by molar-refractivity contribution is 7.89. The Hall–Kier alpha value is -0.350. The van der Waals surface area contributed by atoms with E-state index in [4.69, 9.17) is 0 Å². The van der Waals surface area contributed by atoms with Crippen LogP contribution in [0.4, 0.5) is 0 Å². The van der Waals surface area contributed by atoms with Gasteiger partial charge in [-0.1, -0.05) is 38.7 Å². The molecule has 0 aliphatic rings. The number of hydrogen-bond donors (Lipinski definition) is 0. The lowest BCUT2D eigenvalue weighted by Crippen LogP contribution is -2.00. The molecule has 0 spiro atoms. The average molecular weight is 234 g/mol. The van der Waals surface area contributed by atoms with Gasteiger partial charge in [0.05, 0.1) is 12.0 Å². The van der Waals surface area contributed by atoms with Crippen LogP contribution in [0.2, 0.25) is 0 Å². The molecule has 4 heteroatoms. The Balaban J connectivity index is 3.54. The minimum absolute atomic E-state index is 0.198. The zero-order valence-electron chi connectivity index (χ0n) is 9.74. The molecule has 0 N–H and O–H groups in total. The van der Waals surface area contributed by atoms with Crippen molar-refractivity contribution in [1.29, 1.82) is 0 Å². The first-order chi connectivity index (χ1) is 7.12. The molecule has 0 unspecified atom stereocenters. The predicted octanol–water partition coefficient (Wildman–Crippen LogP) is 3.23. The SMILES string of the molecule is CCCCCCC/C=C/S(=O)(=O)OCC. The standard InChI is InChI=1S/C11H22O3S/c1-3-5-6-7-8-9-10-11-15(12,13)14-4-2/h10-11H,3-9H2,1-2H3/b11-10+. The third-order valence-corrected chi connectivity index (χ3v) is 3.11. The lowest BCUT2D eigenvalue weighted by molar-refractivity contribution is 0.344. The molecular formula is C11H22O3S. The summed E-state index contributed by atoms with van der Waals surface area (Å²) in [5, 5.41) is 1.16. The molecule has 0 aliphatic carbocycles. The van der Waals surface area contributed by atoms with Gasteiger partial charge in [0.2, 0.25) is 0 Å². The van der Waals surface area contributed by atoms with Gasteiger partial charge in [-0.15, -0.1) is 0 Å². The summed E-state index contributed by atoms with van der Waals surface area (Å²) in [6, 6.07) is 0. The maximum atomic E-state index is 11.1. The van der Waals surface area contributed by atoms with Crippen LogP contribution in [0.1, 0.15) is 52.4 Å². The Morgan fingerprint density at radius 3 is 2.33 bits per heavy atom. The van der Waals surface area contributed by atoms with Crippen LogP contribution < -0.4 is 0 Å². The first-order valence-electron chi connectivity index (χ1n) is 5.68. The molecule has 0 atom stereocenters. The molecule has 0 aromatic heterocycles. The van der Waals surface area contributed by atoms with Gasteiger partial charge in [0.25, 0.3) is 10.1 Å². The molecule has 3 nitrogen and oxygen atoms in total. The van der Waals surface area contributed by atoms with E-state index in [2.05, 4.69) is 11.1 Å². The van der Waals surface area contributed by atoms with E-state index < -0.39 is 10.1 Å². The van der Waals surface area contributed by atoms with Gasteiger partial charge in [-0.05, 0) is 19.8 Å². The van der Waals surface area contributed by atoms with Gasteiger partial charge in [-0.2, -0.15) is 8.42 Å². The van der Waals surface area contributed by atoms with Gasteiger partial charge >= 0.3 is 0 Å². The fraction of sp³-hybridized carbons (Fsp3) is 0.818. The Bertz CT molecular complexity index is 255. The highest BCUT2D eigenvalue weighted by Gasteiger charge is 2.02. The summed E-state index contributed by atoms with van der Waals surface area (Å²) in [4.78, 5) is 0. The van der Waals surface area contributed by atoms with Gasteiger partial charge < -0.3 is 0 Å². The van der Waals surface area contributed by atoms with Crippen molar-refractivity contribution in [3.05, 3.63) is 11.5 Å². The molecule has 0 fully saturated rings. The zero-order chi connectivity index (χ0) is 11.6. The maximum Gasteiger partial charge on any atom is 0.289 e. The van der Waals surface area contributed by atoms with Crippen LogP contribution in [-0.4, -0.2) is 15.0 Å². The van der Waals surface area contributed by atoms with Crippen molar-refractivity contribution >= 4 is 10.1 Å². The third kappa shape index (κ3) is 9.94. The normalized spacial score (nSPS) is 12.4. The molecule has 15 heavy (non-hydrogen) atoms. The van der Waals surface area contributed by atoms with Crippen LogP contribution in [0.3, 0.4) is 0 Å². The first-order valence-corrected chi connectivity index (χ1v) is 7.15. The van der Waals surface area contributed by atoms with Gasteiger partial charge in [0.1, 0.15) is 0 Å². The number of hydrogen-bond acceptors (Lipinski definition) is 3. The summed E-state index contributed by atoms with van der Waals surface area (Å²) >= 11 is 0. The fourth-order valence-electron chi connectivity index (χ4n) is 1.26. The Morgan fingerprint density at radius 2 is 1.73 bits per heavy atom. The molecule has 0 aromatic rings. The topological polar surface area (TPSA) is 43.4 Å². The number of rotatable bonds is 9. The smallest absolute Gasteiger partial charge is 0.267 e. The van der Waals surface area contributed by atoms with E-state index in [-0.39, 0.29) is 6.61 Å². The van der Waals surface area contributed by atoms with Crippen LogP contribution >= 0.6 is 0 Å². The van der Waals surface area contributed by atoms with E-state index in [0.717, 1.165) is 18.2 Å². The fourth-order valence-corrected chi connectivity index (χ4v) is 2.03. The summed E-state index contributed by atoms with van der Waals surface area (Å²) < 4.78 is 26.7. The first kappa shape index (κ1) is 14.6. The van der Waals surface area contributed by atoms with Crippen LogP contribution in [0.15, 0.2) is 11.5 Å². The van der Waals surface area contributed by atoms with Crippen LogP contribution in [-0.2, 0) is 14.3 Å². The molecule has 0 aromatic carbocycles. The van der Waals surface area contributed by atoms with E-state index in [1.165, 1.54) is 25.7 Å². The molecule has 0 heterocycles. The maximum absolute atomic E-state index is 11.1.